The Bertz CT molecular complexity index is 586. The van der Waals surface area contributed by atoms with E-state index in [1.54, 1.807) is 13.2 Å². The van der Waals surface area contributed by atoms with Gasteiger partial charge in [0, 0.05) is 36.4 Å². The fourth-order valence-electron chi connectivity index (χ4n) is 2.28. The van der Waals surface area contributed by atoms with Gasteiger partial charge in [-0.2, -0.15) is 0 Å². The highest BCUT2D eigenvalue weighted by molar-refractivity contribution is 5.98. The summed E-state index contributed by atoms with van der Waals surface area (Å²) in [4.78, 5) is 15.4. The summed E-state index contributed by atoms with van der Waals surface area (Å²) >= 11 is 0. The number of H-pyrrole nitrogens is 1. The van der Waals surface area contributed by atoms with Gasteiger partial charge in [0.2, 0.25) is 0 Å². The Hall–Kier alpha value is -1.85. The van der Waals surface area contributed by atoms with Crippen LogP contribution >= 0.6 is 0 Å². The number of aromatic amines is 1. The van der Waals surface area contributed by atoms with Crippen LogP contribution in [0, 0.1) is 0 Å². The third-order valence-corrected chi connectivity index (χ3v) is 3.36. The van der Waals surface area contributed by atoms with Gasteiger partial charge < -0.3 is 20.1 Å². The van der Waals surface area contributed by atoms with Gasteiger partial charge in [0.25, 0.3) is 5.91 Å². The van der Waals surface area contributed by atoms with Gasteiger partial charge in [-0.25, -0.2) is 0 Å². The van der Waals surface area contributed by atoms with Crippen LogP contribution in [-0.2, 0) is 4.74 Å². The SMILES string of the molecule is COC[C@@](C)(CCO)NC(=O)c1ccc2[nH]ccc2c1. The molecule has 0 aliphatic carbocycles. The lowest BCUT2D eigenvalue weighted by molar-refractivity contribution is 0.0726. The third kappa shape index (κ3) is 3.18. The first-order valence-corrected chi connectivity index (χ1v) is 6.57. The highest BCUT2D eigenvalue weighted by atomic mass is 16.5. The Morgan fingerprint density at radius 3 is 2.95 bits per heavy atom. The van der Waals surface area contributed by atoms with Crippen molar-refractivity contribution < 1.29 is 14.6 Å². The standard InChI is InChI=1S/C15H20N2O3/c1-15(6-8-18,10-20-2)17-14(19)12-3-4-13-11(9-12)5-7-16-13/h3-5,7,9,16,18H,6,8,10H2,1-2H3,(H,17,19)/t15-/m1/s1. The van der Waals surface area contributed by atoms with Crippen LogP contribution in [0.1, 0.15) is 23.7 Å². The molecule has 1 atom stereocenters. The molecule has 20 heavy (non-hydrogen) atoms. The zero-order chi connectivity index (χ0) is 14.6. The van der Waals surface area contributed by atoms with Crippen molar-refractivity contribution in [2.75, 3.05) is 20.3 Å². The molecule has 0 bridgehead atoms. The van der Waals surface area contributed by atoms with Crippen molar-refractivity contribution in [1.82, 2.24) is 10.3 Å². The van der Waals surface area contributed by atoms with E-state index < -0.39 is 5.54 Å². The average molecular weight is 276 g/mol. The molecule has 0 unspecified atom stereocenters. The second-order valence-electron chi connectivity index (χ2n) is 5.20. The lowest BCUT2D eigenvalue weighted by Gasteiger charge is -2.29. The van der Waals surface area contributed by atoms with Crippen LogP contribution in [0.5, 0.6) is 0 Å². The average Bonchev–Trinajstić information content (AvgIpc) is 2.85. The molecule has 0 aliphatic heterocycles. The minimum absolute atomic E-state index is 0.00299. The van der Waals surface area contributed by atoms with E-state index in [9.17, 15) is 4.79 Å². The number of aliphatic hydroxyl groups is 1. The first-order chi connectivity index (χ1) is 9.58. The molecule has 5 nitrogen and oxygen atoms in total. The number of carbonyl (C=O) groups excluding carboxylic acids is 1. The first kappa shape index (κ1) is 14.6. The predicted molar refractivity (Wildman–Crippen MR) is 77.7 cm³/mol. The molecular weight excluding hydrogens is 256 g/mol. The fraction of sp³-hybridized carbons (Fsp3) is 0.400. The molecule has 1 aromatic heterocycles. The number of methoxy groups -OCH3 is 1. The summed E-state index contributed by atoms with van der Waals surface area (Å²) in [6.45, 7) is 2.21. The molecule has 0 fully saturated rings. The van der Waals surface area contributed by atoms with E-state index >= 15 is 0 Å². The molecule has 5 heteroatoms. The summed E-state index contributed by atoms with van der Waals surface area (Å²) in [5.74, 6) is -0.166. The number of rotatable bonds is 6. The van der Waals surface area contributed by atoms with Gasteiger partial charge in [0.1, 0.15) is 0 Å². The molecule has 0 saturated carbocycles. The summed E-state index contributed by atoms with van der Waals surface area (Å²) in [6, 6.07) is 7.42. The summed E-state index contributed by atoms with van der Waals surface area (Å²) in [5.41, 5.74) is 1.02. The molecule has 2 rings (SSSR count). The maximum Gasteiger partial charge on any atom is 0.251 e. The number of carbonyl (C=O) groups is 1. The maximum atomic E-state index is 12.3. The molecule has 1 amide bonds. The fourth-order valence-corrected chi connectivity index (χ4v) is 2.28. The summed E-state index contributed by atoms with van der Waals surface area (Å²) < 4.78 is 5.12. The summed E-state index contributed by atoms with van der Waals surface area (Å²) in [5, 5.41) is 13.0. The number of aromatic nitrogens is 1. The highest BCUT2D eigenvalue weighted by Crippen LogP contribution is 2.16. The normalized spacial score (nSPS) is 14.2. The van der Waals surface area contributed by atoms with Crippen molar-refractivity contribution in [1.29, 1.82) is 0 Å². The lowest BCUT2D eigenvalue weighted by atomic mass is 9.98. The Balaban J connectivity index is 2.17. The number of benzene rings is 1. The maximum absolute atomic E-state index is 12.3. The van der Waals surface area contributed by atoms with E-state index in [4.69, 9.17) is 9.84 Å². The zero-order valence-corrected chi connectivity index (χ0v) is 11.8. The number of ether oxygens (including phenoxy) is 1. The molecule has 3 N–H and O–H groups in total. The molecule has 2 aromatic rings. The van der Waals surface area contributed by atoms with Gasteiger partial charge in [0.15, 0.2) is 0 Å². The first-order valence-electron chi connectivity index (χ1n) is 6.57. The van der Waals surface area contributed by atoms with Crippen molar-refractivity contribution >= 4 is 16.8 Å². The number of nitrogens with one attached hydrogen (secondary N) is 2. The Morgan fingerprint density at radius 1 is 1.45 bits per heavy atom. The Kier molecular flexibility index (Phi) is 4.42. The van der Waals surface area contributed by atoms with Gasteiger partial charge in [-0.05, 0) is 37.6 Å². The van der Waals surface area contributed by atoms with Crippen molar-refractivity contribution in [2.24, 2.45) is 0 Å². The van der Waals surface area contributed by atoms with Gasteiger partial charge in [-0.1, -0.05) is 0 Å². The van der Waals surface area contributed by atoms with E-state index in [0.717, 1.165) is 10.9 Å². The number of hydrogen-bond donors (Lipinski definition) is 3. The molecule has 0 saturated heterocycles. The van der Waals surface area contributed by atoms with Crippen LogP contribution in [0.3, 0.4) is 0 Å². The summed E-state index contributed by atoms with van der Waals surface area (Å²) in [6.07, 6.45) is 2.28. The number of aliphatic hydroxyl groups excluding tert-OH is 1. The van der Waals surface area contributed by atoms with Gasteiger partial charge in [-0.15, -0.1) is 0 Å². The zero-order valence-electron chi connectivity index (χ0n) is 11.8. The molecular formula is C15H20N2O3. The third-order valence-electron chi connectivity index (χ3n) is 3.36. The quantitative estimate of drug-likeness (QED) is 0.751. The van der Waals surface area contributed by atoms with E-state index in [1.807, 2.05) is 31.3 Å². The Labute approximate surface area is 117 Å². The smallest absolute Gasteiger partial charge is 0.251 e. The van der Waals surface area contributed by atoms with Crippen molar-refractivity contribution in [3.8, 4) is 0 Å². The number of fused-ring (bicyclic) bond motifs is 1. The van der Waals surface area contributed by atoms with Gasteiger partial charge in [0.05, 0.1) is 12.1 Å². The topological polar surface area (TPSA) is 74.3 Å². The summed E-state index contributed by atoms with van der Waals surface area (Å²) in [7, 11) is 1.58. The second-order valence-corrected chi connectivity index (χ2v) is 5.20. The van der Waals surface area contributed by atoms with E-state index in [1.165, 1.54) is 0 Å². The minimum Gasteiger partial charge on any atom is -0.396 e. The van der Waals surface area contributed by atoms with Crippen LogP contribution in [0.15, 0.2) is 30.5 Å². The van der Waals surface area contributed by atoms with E-state index in [2.05, 4.69) is 10.3 Å². The van der Waals surface area contributed by atoms with E-state index in [0.29, 0.717) is 18.6 Å². The van der Waals surface area contributed by atoms with Crippen LogP contribution in [-0.4, -0.2) is 41.9 Å². The highest BCUT2D eigenvalue weighted by Gasteiger charge is 2.26. The lowest BCUT2D eigenvalue weighted by Crippen LogP contribution is -2.50. The van der Waals surface area contributed by atoms with Crippen LogP contribution in [0.25, 0.3) is 10.9 Å². The molecule has 0 aliphatic rings. The monoisotopic (exact) mass is 276 g/mol. The van der Waals surface area contributed by atoms with Crippen molar-refractivity contribution in [3.05, 3.63) is 36.0 Å². The molecule has 0 spiro atoms. The van der Waals surface area contributed by atoms with E-state index in [-0.39, 0.29) is 12.5 Å². The van der Waals surface area contributed by atoms with Crippen LogP contribution in [0.4, 0.5) is 0 Å². The molecule has 0 radical (unpaired) electrons. The van der Waals surface area contributed by atoms with Crippen molar-refractivity contribution in [3.63, 3.8) is 0 Å². The number of amides is 1. The molecule has 1 aromatic carbocycles. The van der Waals surface area contributed by atoms with Crippen molar-refractivity contribution in [2.45, 2.75) is 18.9 Å². The largest absolute Gasteiger partial charge is 0.396 e. The van der Waals surface area contributed by atoms with Gasteiger partial charge >= 0.3 is 0 Å². The predicted octanol–water partition coefficient (Wildman–Crippen LogP) is 1.69. The Morgan fingerprint density at radius 2 is 2.25 bits per heavy atom. The molecule has 108 valence electrons. The number of hydrogen-bond acceptors (Lipinski definition) is 3. The van der Waals surface area contributed by atoms with Crippen LogP contribution in [0.2, 0.25) is 0 Å². The minimum atomic E-state index is -0.576. The second kappa shape index (κ2) is 6.07. The van der Waals surface area contributed by atoms with Crippen LogP contribution < -0.4 is 5.32 Å². The van der Waals surface area contributed by atoms with Gasteiger partial charge in [-0.3, -0.25) is 4.79 Å². The molecule has 1 heterocycles.